The number of carbonyl (C=O) groups is 1. The largest absolute Gasteiger partial charge is 0.467 e. The van der Waals surface area contributed by atoms with Gasteiger partial charge in [0.1, 0.15) is 17.9 Å². The molecule has 23 heavy (non-hydrogen) atoms. The summed E-state index contributed by atoms with van der Waals surface area (Å²) in [5.41, 5.74) is -2.54. The summed E-state index contributed by atoms with van der Waals surface area (Å²) < 4.78 is 44.1. The molecule has 0 aliphatic rings. The number of nitrogens with zero attached hydrogens (tertiary/aromatic N) is 2. The van der Waals surface area contributed by atoms with Gasteiger partial charge in [-0.1, -0.05) is 0 Å². The summed E-state index contributed by atoms with van der Waals surface area (Å²) in [6.45, 7) is 1.23. The molecule has 0 aromatic carbocycles. The minimum absolute atomic E-state index is 0.404. The predicted molar refractivity (Wildman–Crippen MR) is 75.6 cm³/mol. The van der Waals surface area contributed by atoms with Crippen molar-refractivity contribution in [1.29, 1.82) is 0 Å². The van der Waals surface area contributed by atoms with Crippen LogP contribution in [0.25, 0.3) is 0 Å². The maximum absolute atomic E-state index is 12.7. The first-order valence-electron chi connectivity index (χ1n) is 6.77. The quantitative estimate of drug-likeness (QED) is 0.867. The number of carbonyl (C=O) groups excluding carboxylic acids is 1. The Balaban J connectivity index is 2.19. The van der Waals surface area contributed by atoms with E-state index in [-0.39, 0.29) is 0 Å². The minimum atomic E-state index is -4.75. The molecule has 0 fully saturated rings. The van der Waals surface area contributed by atoms with Crippen LogP contribution in [0, 0.1) is 0 Å². The average molecular weight is 328 g/mol. The third kappa shape index (κ3) is 3.64. The van der Waals surface area contributed by atoms with Crippen LogP contribution in [-0.4, -0.2) is 22.4 Å². The Morgan fingerprint density at radius 2 is 2.04 bits per heavy atom. The second-order valence-electron chi connectivity index (χ2n) is 5.05. The molecule has 1 unspecified atom stereocenters. The molecule has 124 valence electrons. The first-order valence-corrected chi connectivity index (χ1v) is 6.77. The van der Waals surface area contributed by atoms with Crippen molar-refractivity contribution in [1.82, 2.24) is 9.47 Å². The van der Waals surface area contributed by atoms with E-state index in [2.05, 4.69) is 0 Å². The lowest BCUT2D eigenvalue weighted by molar-refractivity contribution is -0.139. The van der Waals surface area contributed by atoms with Gasteiger partial charge < -0.3 is 13.9 Å². The maximum Gasteiger partial charge on any atom is 0.421 e. The van der Waals surface area contributed by atoms with Gasteiger partial charge in [0.05, 0.1) is 12.3 Å². The van der Waals surface area contributed by atoms with Crippen LogP contribution in [0.2, 0.25) is 0 Å². The third-order valence-electron chi connectivity index (χ3n) is 3.56. The molecule has 1 amide bonds. The normalized spacial score (nSPS) is 12.9. The topological polar surface area (TPSA) is 55.5 Å². The van der Waals surface area contributed by atoms with Gasteiger partial charge in [-0.25, -0.2) is 0 Å². The monoisotopic (exact) mass is 328 g/mol. The Bertz CT molecular complexity index is 735. The number of amides is 1. The van der Waals surface area contributed by atoms with Gasteiger partial charge in [0.25, 0.3) is 5.56 Å². The van der Waals surface area contributed by atoms with E-state index < -0.39 is 35.8 Å². The van der Waals surface area contributed by atoms with Gasteiger partial charge in [-0.05, 0) is 31.2 Å². The fourth-order valence-electron chi connectivity index (χ4n) is 2.07. The molecule has 0 radical (unpaired) electrons. The van der Waals surface area contributed by atoms with E-state index in [4.69, 9.17) is 4.42 Å². The summed E-state index contributed by atoms with van der Waals surface area (Å²) in [6, 6.07) is 4.73. The summed E-state index contributed by atoms with van der Waals surface area (Å²) in [6.07, 6.45) is -2.14. The smallest absolute Gasteiger partial charge is 0.421 e. The highest BCUT2D eigenvalue weighted by atomic mass is 19.4. The molecule has 0 aliphatic heterocycles. The highest BCUT2D eigenvalue weighted by Crippen LogP contribution is 2.26. The molecule has 5 nitrogen and oxygen atoms in total. The molecule has 0 N–H and O–H groups in total. The number of rotatable bonds is 4. The van der Waals surface area contributed by atoms with Gasteiger partial charge in [0, 0.05) is 13.2 Å². The lowest BCUT2D eigenvalue weighted by Crippen LogP contribution is -2.36. The summed E-state index contributed by atoms with van der Waals surface area (Å²) in [5.74, 6) is 0.0348. The molecule has 2 rings (SSSR count). The van der Waals surface area contributed by atoms with Gasteiger partial charge >= 0.3 is 6.18 Å². The average Bonchev–Trinajstić information content (AvgIpc) is 3.00. The van der Waals surface area contributed by atoms with Crippen molar-refractivity contribution < 1.29 is 22.4 Å². The summed E-state index contributed by atoms with van der Waals surface area (Å²) in [7, 11) is 1.49. The number of furan rings is 1. The molecule has 2 aromatic heterocycles. The van der Waals surface area contributed by atoms with Crippen LogP contribution in [-0.2, 0) is 17.5 Å². The number of hydrogen-bond acceptors (Lipinski definition) is 3. The molecular formula is C15H15F3N2O3. The second kappa shape index (κ2) is 6.31. The van der Waals surface area contributed by atoms with E-state index >= 15 is 0 Å². The Labute approximate surface area is 129 Å². The number of hydrogen-bond donors (Lipinski definition) is 0. The zero-order chi connectivity index (χ0) is 17.2. The summed E-state index contributed by atoms with van der Waals surface area (Å²) in [5, 5.41) is 0. The zero-order valence-corrected chi connectivity index (χ0v) is 12.5. The fourth-order valence-corrected chi connectivity index (χ4v) is 2.07. The van der Waals surface area contributed by atoms with Crippen LogP contribution < -0.4 is 5.56 Å². The van der Waals surface area contributed by atoms with Crippen LogP contribution in [0.15, 0.2) is 45.9 Å². The second-order valence-corrected chi connectivity index (χ2v) is 5.05. The zero-order valence-electron chi connectivity index (χ0n) is 12.5. The molecule has 0 saturated carbocycles. The highest BCUT2D eigenvalue weighted by molar-refractivity contribution is 5.76. The van der Waals surface area contributed by atoms with Gasteiger partial charge in [0.2, 0.25) is 5.91 Å². The van der Waals surface area contributed by atoms with Crippen LogP contribution in [0.4, 0.5) is 13.2 Å². The molecule has 0 saturated heterocycles. The lowest BCUT2D eigenvalue weighted by Gasteiger charge is -2.23. The van der Waals surface area contributed by atoms with Crippen LogP contribution >= 0.6 is 0 Å². The Morgan fingerprint density at radius 1 is 1.35 bits per heavy atom. The van der Waals surface area contributed by atoms with Crippen molar-refractivity contribution >= 4 is 5.91 Å². The summed E-state index contributed by atoms with van der Waals surface area (Å²) in [4.78, 5) is 25.3. The Morgan fingerprint density at radius 3 is 2.61 bits per heavy atom. The number of aromatic nitrogens is 1. The molecule has 0 spiro atoms. The molecule has 1 atom stereocenters. The van der Waals surface area contributed by atoms with Crippen molar-refractivity contribution in [2.75, 3.05) is 7.05 Å². The van der Waals surface area contributed by atoms with Crippen LogP contribution in [0.1, 0.15) is 24.3 Å². The summed E-state index contributed by atoms with van der Waals surface area (Å²) >= 11 is 0. The van der Waals surface area contributed by atoms with Gasteiger partial charge in [0.15, 0.2) is 0 Å². The van der Waals surface area contributed by atoms with Crippen molar-refractivity contribution in [3.63, 3.8) is 0 Å². The standard InChI is InChI=1S/C15H15F3N2O3/c1-10(12-6-4-8-23-12)19(2)13(21)9-20-7-3-5-11(14(20)22)15(16,17)18/h3-8,10H,9H2,1-2H3. The van der Waals surface area contributed by atoms with E-state index in [0.29, 0.717) is 11.8 Å². The molecule has 2 aromatic rings. The molecular weight excluding hydrogens is 313 g/mol. The fraction of sp³-hybridized carbons (Fsp3) is 0.333. The van der Waals surface area contributed by atoms with Gasteiger partial charge in [-0.3, -0.25) is 9.59 Å². The number of alkyl halides is 3. The van der Waals surface area contributed by atoms with Crippen molar-refractivity contribution in [2.24, 2.45) is 0 Å². The van der Waals surface area contributed by atoms with Crippen molar-refractivity contribution in [2.45, 2.75) is 25.7 Å². The van der Waals surface area contributed by atoms with E-state index in [1.165, 1.54) is 18.2 Å². The Hall–Kier alpha value is -2.51. The highest BCUT2D eigenvalue weighted by Gasteiger charge is 2.34. The predicted octanol–water partition coefficient (Wildman–Crippen LogP) is 2.68. The van der Waals surface area contributed by atoms with Crippen molar-refractivity contribution in [3.8, 4) is 0 Å². The van der Waals surface area contributed by atoms with Gasteiger partial charge in [-0.15, -0.1) is 0 Å². The van der Waals surface area contributed by atoms with Crippen LogP contribution in [0.3, 0.4) is 0 Å². The molecule has 0 bridgehead atoms. The first-order chi connectivity index (χ1) is 10.7. The van der Waals surface area contributed by atoms with E-state index in [1.807, 2.05) is 0 Å². The minimum Gasteiger partial charge on any atom is -0.467 e. The van der Waals surface area contributed by atoms with Crippen LogP contribution in [0.5, 0.6) is 0 Å². The number of pyridine rings is 1. The SMILES string of the molecule is CC(c1ccco1)N(C)C(=O)Cn1cccc(C(F)(F)F)c1=O. The Kier molecular flexibility index (Phi) is 4.63. The number of halogens is 3. The molecule has 2 heterocycles. The number of likely N-dealkylation sites (N-methyl/N-ethyl adjacent to an activating group) is 1. The third-order valence-corrected chi connectivity index (χ3v) is 3.56. The maximum atomic E-state index is 12.7. The van der Waals surface area contributed by atoms with Crippen molar-refractivity contribution in [3.05, 3.63) is 58.4 Å². The molecule has 8 heteroatoms. The van der Waals surface area contributed by atoms with Gasteiger partial charge in [-0.2, -0.15) is 13.2 Å². The lowest BCUT2D eigenvalue weighted by atomic mass is 10.2. The first kappa shape index (κ1) is 16.9. The van der Waals surface area contributed by atoms with E-state index in [9.17, 15) is 22.8 Å². The van der Waals surface area contributed by atoms with E-state index in [0.717, 1.165) is 16.8 Å². The van der Waals surface area contributed by atoms with E-state index in [1.54, 1.807) is 19.1 Å². The molecule has 0 aliphatic carbocycles.